The molecule has 0 saturated heterocycles. The van der Waals surface area contributed by atoms with E-state index in [1.807, 2.05) is 18.2 Å². The van der Waals surface area contributed by atoms with Gasteiger partial charge in [0.15, 0.2) is 0 Å². The average Bonchev–Trinajstić information content (AvgIpc) is 2.83. The quantitative estimate of drug-likeness (QED) is 0.459. The number of hydrogen-bond donors (Lipinski definition) is 1. The highest BCUT2D eigenvalue weighted by Crippen LogP contribution is 2.55. The van der Waals surface area contributed by atoms with Crippen molar-refractivity contribution in [2.75, 3.05) is 6.54 Å². The maximum Gasteiger partial charge on any atom is 0.224 e. The molecule has 1 unspecified atom stereocenters. The Morgan fingerprint density at radius 3 is 2.10 bits per heavy atom. The van der Waals surface area contributed by atoms with Crippen LogP contribution in [0.25, 0.3) is 10.8 Å². The lowest BCUT2D eigenvalue weighted by atomic mass is 9.59. The lowest BCUT2D eigenvalue weighted by molar-refractivity contribution is -0.120. The Morgan fingerprint density at radius 2 is 1.35 bits per heavy atom. The molecule has 0 aliphatic heterocycles. The highest BCUT2D eigenvalue weighted by Gasteiger charge is 2.42. The Morgan fingerprint density at radius 1 is 0.742 bits per heavy atom. The second-order valence-corrected chi connectivity index (χ2v) is 8.90. The summed E-state index contributed by atoms with van der Waals surface area (Å²) in [6.45, 7) is 0.730. The average molecular weight is 404 g/mol. The molecule has 3 aliphatic rings. The summed E-state index contributed by atoms with van der Waals surface area (Å²) in [6, 6.07) is 32.3. The SMILES string of the molecule is O=C(Cc1cccc2ccccc12)NCC1CC2c3ccccc3C1c1ccccc12. The summed E-state index contributed by atoms with van der Waals surface area (Å²) in [5, 5.41) is 5.63. The topological polar surface area (TPSA) is 29.1 Å². The highest BCUT2D eigenvalue weighted by atomic mass is 16.1. The maximum absolute atomic E-state index is 12.9. The molecule has 7 rings (SSSR count). The van der Waals surface area contributed by atoms with Crippen molar-refractivity contribution in [3.05, 3.63) is 119 Å². The van der Waals surface area contributed by atoms with Crippen molar-refractivity contribution >= 4 is 16.7 Å². The van der Waals surface area contributed by atoms with Crippen LogP contribution >= 0.6 is 0 Å². The first kappa shape index (κ1) is 18.4. The maximum atomic E-state index is 12.9. The second kappa shape index (κ2) is 7.39. The van der Waals surface area contributed by atoms with Crippen LogP contribution in [-0.4, -0.2) is 12.5 Å². The molecule has 0 saturated carbocycles. The summed E-state index contributed by atoms with van der Waals surface area (Å²) in [5.74, 6) is 1.36. The lowest BCUT2D eigenvalue weighted by Gasteiger charge is -2.45. The zero-order chi connectivity index (χ0) is 20.8. The molecule has 0 aromatic heterocycles. The van der Waals surface area contributed by atoms with E-state index < -0.39 is 0 Å². The summed E-state index contributed by atoms with van der Waals surface area (Å²) in [7, 11) is 0. The van der Waals surface area contributed by atoms with Crippen molar-refractivity contribution in [1.82, 2.24) is 5.32 Å². The molecule has 0 spiro atoms. The predicted molar refractivity (Wildman–Crippen MR) is 125 cm³/mol. The molecule has 2 bridgehead atoms. The molecule has 0 fully saturated rings. The first-order chi connectivity index (χ1) is 15.3. The van der Waals surface area contributed by atoms with Crippen LogP contribution in [0.3, 0.4) is 0 Å². The molecule has 1 N–H and O–H groups in total. The van der Waals surface area contributed by atoms with Crippen LogP contribution in [0.5, 0.6) is 0 Å². The van der Waals surface area contributed by atoms with Crippen LogP contribution in [0.4, 0.5) is 0 Å². The van der Waals surface area contributed by atoms with E-state index in [9.17, 15) is 4.79 Å². The first-order valence-electron chi connectivity index (χ1n) is 11.2. The van der Waals surface area contributed by atoms with E-state index in [2.05, 4.69) is 78.1 Å². The number of nitrogens with one attached hydrogen (secondary N) is 1. The Labute approximate surface area is 182 Å². The van der Waals surface area contributed by atoms with Crippen LogP contribution in [0.15, 0.2) is 91.0 Å². The molecule has 3 aliphatic carbocycles. The zero-order valence-electron chi connectivity index (χ0n) is 17.4. The summed E-state index contributed by atoms with van der Waals surface area (Å²) >= 11 is 0. The number of benzene rings is 4. The van der Waals surface area contributed by atoms with Gasteiger partial charge in [0.25, 0.3) is 0 Å². The Bertz CT molecular complexity index is 1240. The van der Waals surface area contributed by atoms with E-state index in [0.29, 0.717) is 24.2 Å². The molecule has 31 heavy (non-hydrogen) atoms. The molecule has 152 valence electrons. The molecular formula is C29H25NO. The van der Waals surface area contributed by atoms with Crippen molar-refractivity contribution in [2.24, 2.45) is 5.92 Å². The molecule has 4 aromatic rings. The number of carbonyl (C=O) groups excluding carboxylic acids is 1. The van der Waals surface area contributed by atoms with Crippen LogP contribution in [-0.2, 0) is 11.2 Å². The Balaban J connectivity index is 1.23. The summed E-state index contributed by atoms with van der Waals surface area (Å²) in [5.41, 5.74) is 6.95. The van der Waals surface area contributed by atoms with Crippen molar-refractivity contribution in [3.8, 4) is 0 Å². The summed E-state index contributed by atoms with van der Waals surface area (Å²) in [6.07, 6.45) is 1.53. The van der Waals surface area contributed by atoms with Gasteiger partial charge in [-0.1, -0.05) is 91.0 Å². The third-order valence-electron chi connectivity index (χ3n) is 7.22. The van der Waals surface area contributed by atoms with Gasteiger partial charge >= 0.3 is 0 Å². The van der Waals surface area contributed by atoms with Crippen LogP contribution in [0.2, 0.25) is 0 Å². The summed E-state index contributed by atoms with van der Waals surface area (Å²) in [4.78, 5) is 12.9. The number of amides is 1. The fourth-order valence-electron chi connectivity index (χ4n) is 5.89. The fraction of sp³-hybridized carbons (Fsp3) is 0.207. The monoisotopic (exact) mass is 403 g/mol. The number of hydrogen-bond acceptors (Lipinski definition) is 1. The number of carbonyl (C=O) groups is 1. The third-order valence-corrected chi connectivity index (χ3v) is 7.22. The first-order valence-corrected chi connectivity index (χ1v) is 11.2. The van der Waals surface area contributed by atoms with E-state index in [0.717, 1.165) is 18.5 Å². The van der Waals surface area contributed by atoms with Gasteiger partial charge in [-0.15, -0.1) is 0 Å². The van der Waals surface area contributed by atoms with Crippen molar-refractivity contribution in [2.45, 2.75) is 24.7 Å². The lowest BCUT2D eigenvalue weighted by Crippen LogP contribution is -2.39. The number of fused-ring (bicyclic) bond motifs is 2. The second-order valence-electron chi connectivity index (χ2n) is 8.90. The van der Waals surface area contributed by atoms with Gasteiger partial charge in [-0.05, 0) is 50.9 Å². The molecule has 0 radical (unpaired) electrons. The Kier molecular flexibility index (Phi) is 4.38. The van der Waals surface area contributed by atoms with E-state index in [1.165, 1.54) is 33.0 Å². The van der Waals surface area contributed by atoms with E-state index >= 15 is 0 Å². The van der Waals surface area contributed by atoms with Gasteiger partial charge in [0.2, 0.25) is 5.91 Å². The highest BCUT2D eigenvalue weighted by molar-refractivity contribution is 5.90. The van der Waals surface area contributed by atoms with Crippen molar-refractivity contribution < 1.29 is 4.79 Å². The minimum atomic E-state index is 0.111. The Hall–Kier alpha value is -3.39. The molecule has 2 heteroatoms. The largest absolute Gasteiger partial charge is 0.356 e. The van der Waals surface area contributed by atoms with Crippen LogP contribution in [0, 0.1) is 5.92 Å². The van der Waals surface area contributed by atoms with Gasteiger partial charge in [-0.3, -0.25) is 4.79 Å². The minimum Gasteiger partial charge on any atom is -0.356 e. The molecule has 4 aromatic carbocycles. The molecule has 2 nitrogen and oxygen atoms in total. The van der Waals surface area contributed by atoms with Gasteiger partial charge < -0.3 is 5.32 Å². The molecular weight excluding hydrogens is 378 g/mol. The van der Waals surface area contributed by atoms with Gasteiger partial charge in [0.1, 0.15) is 0 Å². The van der Waals surface area contributed by atoms with Crippen LogP contribution in [0.1, 0.15) is 46.1 Å². The van der Waals surface area contributed by atoms with Gasteiger partial charge in [-0.2, -0.15) is 0 Å². The van der Waals surface area contributed by atoms with Gasteiger partial charge in [0, 0.05) is 18.4 Å². The molecule has 0 heterocycles. The zero-order valence-corrected chi connectivity index (χ0v) is 17.4. The van der Waals surface area contributed by atoms with Crippen molar-refractivity contribution in [3.63, 3.8) is 0 Å². The smallest absolute Gasteiger partial charge is 0.224 e. The van der Waals surface area contributed by atoms with E-state index in [4.69, 9.17) is 0 Å². The third kappa shape index (κ3) is 3.06. The molecule has 1 atom stereocenters. The summed E-state index contributed by atoms with van der Waals surface area (Å²) < 4.78 is 0. The van der Waals surface area contributed by atoms with E-state index in [1.54, 1.807) is 0 Å². The predicted octanol–water partition coefficient (Wildman–Crippen LogP) is 5.80. The van der Waals surface area contributed by atoms with Crippen LogP contribution < -0.4 is 5.32 Å². The van der Waals surface area contributed by atoms with Crippen molar-refractivity contribution in [1.29, 1.82) is 0 Å². The van der Waals surface area contributed by atoms with E-state index in [-0.39, 0.29) is 5.91 Å². The normalized spacial score (nSPS) is 20.8. The van der Waals surface area contributed by atoms with Gasteiger partial charge in [-0.25, -0.2) is 0 Å². The number of rotatable bonds is 4. The standard InChI is InChI=1S/C29H25NO/c31-28(17-20-10-7-9-19-8-1-2-11-22(19)20)30-18-21-16-27-23-12-3-5-14-25(23)29(21)26-15-6-4-13-24(26)27/h1-15,21,27,29H,16-18H2,(H,30,31). The molecule has 1 amide bonds. The minimum absolute atomic E-state index is 0.111. The fourth-order valence-corrected chi connectivity index (χ4v) is 5.89. The van der Waals surface area contributed by atoms with Gasteiger partial charge in [0.05, 0.1) is 6.42 Å².